The van der Waals surface area contributed by atoms with Crippen molar-refractivity contribution in [3.63, 3.8) is 0 Å². The monoisotopic (exact) mass is 228 g/mol. The third-order valence-corrected chi connectivity index (χ3v) is 2.36. The smallest absolute Gasteiger partial charge is 0.807 e. The minimum absolute atomic E-state index is 0. The van der Waals surface area contributed by atoms with Crippen LogP contribution >= 0.6 is 7.60 Å². The van der Waals surface area contributed by atoms with Crippen LogP contribution in [0.25, 0.3) is 5.31 Å². The summed E-state index contributed by atoms with van der Waals surface area (Å²) in [5, 5.41) is -0.358. The molecule has 0 aromatic heterocycles. The molecule has 14 heavy (non-hydrogen) atoms. The summed E-state index contributed by atoms with van der Waals surface area (Å²) < 4.78 is 10.5. The van der Waals surface area contributed by atoms with E-state index in [1.807, 2.05) is 0 Å². The normalized spacial score (nSPS) is 9.57. The van der Waals surface area contributed by atoms with Gasteiger partial charge in [-0.1, -0.05) is 36.9 Å². The molecule has 3 nitrogen and oxygen atoms in total. The third kappa shape index (κ3) is 5.26. The van der Waals surface area contributed by atoms with Crippen LogP contribution in [0.2, 0.25) is 0 Å². The van der Waals surface area contributed by atoms with E-state index in [0.29, 0.717) is 5.56 Å². The SMILES string of the molecule is C=C(c1ccccc1)P(=O)([O-])[O-].[Na+].[Na+]. The molecule has 0 bridgehead atoms. The molecule has 1 aromatic rings. The zero-order valence-electron chi connectivity index (χ0n) is 8.27. The second kappa shape index (κ2) is 7.39. The van der Waals surface area contributed by atoms with Crippen LogP contribution < -0.4 is 68.9 Å². The van der Waals surface area contributed by atoms with Gasteiger partial charge in [-0.25, -0.2) is 0 Å². The molecule has 0 aliphatic rings. The second-order valence-electron chi connectivity index (χ2n) is 2.31. The molecule has 0 saturated heterocycles. The molecule has 0 radical (unpaired) electrons. The summed E-state index contributed by atoms with van der Waals surface area (Å²) in [6.45, 7) is 3.21. The fourth-order valence-electron chi connectivity index (χ4n) is 0.789. The van der Waals surface area contributed by atoms with Crippen LogP contribution in [0.15, 0.2) is 36.9 Å². The first-order chi connectivity index (χ1) is 5.52. The molecule has 0 atom stereocenters. The van der Waals surface area contributed by atoms with Gasteiger partial charge in [-0.3, -0.25) is 0 Å². The maximum Gasteiger partial charge on any atom is 1.00 e. The molecule has 0 spiro atoms. The van der Waals surface area contributed by atoms with Gasteiger partial charge in [0.05, 0.1) is 0 Å². The van der Waals surface area contributed by atoms with Gasteiger partial charge in [0.25, 0.3) is 0 Å². The van der Waals surface area contributed by atoms with E-state index in [2.05, 4.69) is 6.58 Å². The summed E-state index contributed by atoms with van der Waals surface area (Å²) in [5.41, 5.74) is 0.353. The molecule has 0 heterocycles. The van der Waals surface area contributed by atoms with Crippen LogP contribution in [0.3, 0.4) is 0 Å². The van der Waals surface area contributed by atoms with Crippen LogP contribution in [0, 0.1) is 0 Å². The van der Waals surface area contributed by atoms with Crippen molar-refractivity contribution >= 4 is 12.9 Å². The summed E-state index contributed by atoms with van der Waals surface area (Å²) in [6.07, 6.45) is 0. The Balaban J connectivity index is 0. The molecule has 64 valence electrons. The van der Waals surface area contributed by atoms with Crippen LogP contribution in [0.5, 0.6) is 0 Å². The summed E-state index contributed by atoms with van der Waals surface area (Å²) in [5.74, 6) is 0. The number of rotatable bonds is 2. The fraction of sp³-hybridized carbons (Fsp3) is 0. The van der Waals surface area contributed by atoms with Gasteiger partial charge < -0.3 is 14.4 Å². The largest absolute Gasteiger partial charge is 1.00 e. The van der Waals surface area contributed by atoms with Gasteiger partial charge in [-0.05, 0) is 18.5 Å². The Kier molecular flexibility index (Phi) is 9.24. The Labute approximate surface area is 127 Å². The summed E-state index contributed by atoms with van der Waals surface area (Å²) in [6, 6.07) is 8.10. The fourth-order valence-corrected chi connectivity index (χ4v) is 1.25. The van der Waals surface area contributed by atoms with Gasteiger partial charge in [0.15, 0.2) is 0 Å². The molecule has 1 rings (SSSR count). The first kappa shape index (κ1) is 17.5. The summed E-state index contributed by atoms with van der Waals surface area (Å²) in [7, 11) is -4.67. The molecule has 0 amide bonds. The third-order valence-electron chi connectivity index (χ3n) is 1.44. The van der Waals surface area contributed by atoms with Gasteiger partial charge in [-0.15, -0.1) is 0 Å². The number of benzene rings is 1. The zero-order valence-corrected chi connectivity index (χ0v) is 13.2. The standard InChI is InChI=1S/C8H9O3P.2Na/c1-7(12(9,10)11)8-5-3-2-4-6-8;;/h2-6H,1H2,(H2,9,10,11);;/q;2*+1/p-2. The zero-order chi connectivity index (χ0) is 9.19. The molecule has 0 N–H and O–H groups in total. The molecular formula is C8H7Na2O3P. The van der Waals surface area contributed by atoms with E-state index in [0.717, 1.165) is 0 Å². The summed E-state index contributed by atoms with van der Waals surface area (Å²) >= 11 is 0. The van der Waals surface area contributed by atoms with Crippen molar-refractivity contribution in [1.82, 2.24) is 0 Å². The molecule has 0 aliphatic carbocycles. The van der Waals surface area contributed by atoms with Crippen molar-refractivity contribution in [1.29, 1.82) is 0 Å². The predicted octanol–water partition coefficient (Wildman–Crippen LogP) is -5.42. The average molecular weight is 228 g/mol. The summed E-state index contributed by atoms with van der Waals surface area (Å²) in [4.78, 5) is 21.0. The molecule has 0 unspecified atom stereocenters. The van der Waals surface area contributed by atoms with Crippen molar-refractivity contribution in [3.05, 3.63) is 42.5 Å². The first-order valence-corrected chi connectivity index (χ1v) is 4.83. The van der Waals surface area contributed by atoms with Gasteiger partial charge in [0.1, 0.15) is 0 Å². The Bertz CT molecular complexity index is 334. The maximum atomic E-state index is 10.5. The van der Waals surface area contributed by atoms with Crippen LogP contribution in [-0.4, -0.2) is 0 Å². The van der Waals surface area contributed by atoms with E-state index >= 15 is 0 Å². The van der Waals surface area contributed by atoms with Crippen molar-refractivity contribution < 1.29 is 73.5 Å². The minimum atomic E-state index is -4.67. The topological polar surface area (TPSA) is 63.2 Å². The van der Waals surface area contributed by atoms with E-state index in [-0.39, 0.29) is 64.4 Å². The molecule has 0 saturated carbocycles. The molecule has 0 fully saturated rings. The van der Waals surface area contributed by atoms with Crippen molar-refractivity contribution in [3.8, 4) is 0 Å². The van der Waals surface area contributed by atoms with E-state index in [1.165, 1.54) is 12.1 Å². The van der Waals surface area contributed by atoms with Gasteiger partial charge in [-0.2, -0.15) is 0 Å². The Morgan fingerprint density at radius 1 is 1.14 bits per heavy atom. The molecule has 1 aromatic carbocycles. The quantitative estimate of drug-likeness (QED) is 0.375. The van der Waals surface area contributed by atoms with Crippen LogP contribution in [0.1, 0.15) is 5.56 Å². The Morgan fingerprint density at radius 2 is 1.57 bits per heavy atom. The molecular weight excluding hydrogens is 221 g/mol. The van der Waals surface area contributed by atoms with E-state index in [9.17, 15) is 14.4 Å². The number of hydrogen-bond donors (Lipinski definition) is 0. The van der Waals surface area contributed by atoms with E-state index in [1.54, 1.807) is 18.2 Å². The van der Waals surface area contributed by atoms with Crippen molar-refractivity contribution in [2.45, 2.75) is 0 Å². The van der Waals surface area contributed by atoms with Crippen LogP contribution in [-0.2, 0) is 4.57 Å². The maximum absolute atomic E-state index is 10.5. The van der Waals surface area contributed by atoms with Gasteiger partial charge in [0.2, 0.25) is 0 Å². The van der Waals surface area contributed by atoms with Crippen molar-refractivity contribution in [2.24, 2.45) is 0 Å². The molecule has 6 heteroatoms. The van der Waals surface area contributed by atoms with E-state index < -0.39 is 7.60 Å². The van der Waals surface area contributed by atoms with E-state index in [4.69, 9.17) is 0 Å². The van der Waals surface area contributed by atoms with Gasteiger partial charge >= 0.3 is 59.1 Å². The second-order valence-corrected chi connectivity index (χ2v) is 3.84. The van der Waals surface area contributed by atoms with Crippen LogP contribution in [0.4, 0.5) is 0 Å². The average Bonchev–Trinajstić information content (AvgIpc) is 2.03. The predicted molar refractivity (Wildman–Crippen MR) is 43.1 cm³/mol. The minimum Gasteiger partial charge on any atom is -0.807 e. The van der Waals surface area contributed by atoms with Gasteiger partial charge in [0, 0.05) is 0 Å². The first-order valence-electron chi connectivity index (χ1n) is 3.29. The number of hydrogen-bond acceptors (Lipinski definition) is 3. The Morgan fingerprint density at radius 3 is 1.93 bits per heavy atom. The van der Waals surface area contributed by atoms with Crippen molar-refractivity contribution in [2.75, 3.05) is 0 Å². The molecule has 0 aliphatic heterocycles. The Hall–Kier alpha value is 1.11.